The third kappa shape index (κ3) is 3.56. The van der Waals surface area contributed by atoms with Crippen molar-refractivity contribution < 1.29 is 0 Å². The molecule has 1 fully saturated rings. The van der Waals surface area contributed by atoms with E-state index in [4.69, 9.17) is 11.5 Å². The first-order chi connectivity index (χ1) is 8.70. The van der Waals surface area contributed by atoms with Gasteiger partial charge in [0.1, 0.15) is 5.82 Å². The minimum atomic E-state index is 0.203. The van der Waals surface area contributed by atoms with Crippen molar-refractivity contribution in [3.05, 3.63) is 23.9 Å². The van der Waals surface area contributed by atoms with E-state index in [2.05, 4.69) is 23.7 Å². The molecule has 1 aliphatic heterocycles. The van der Waals surface area contributed by atoms with Crippen LogP contribution in [-0.4, -0.2) is 33.0 Å². The zero-order valence-electron chi connectivity index (χ0n) is 10.7. The molecule has 0 spiro atoms. The van der Waals surface area contributed by atoms with Crippen molar-refractivity contribution in [2.75, 3.05) is 17.2 Å². The number of thioether (sulfide) groups is 2. The van der Waals surface area contributed by atoms with Crippen LogP contribution in [0.25, 0.3) is 0 Å². The second kappa shape index (κ2) is 6.68. The molecule has 0 radical (unpaired) electrons. The third-order valence-electron chi connectivity index (χ3n) is 3.23. The highest BCUT2D eigenvalue weighted by Gasteiger charge is 2.29. The molecule has 0 bridgehead atoms. The van der Waals surface area contributed by atoms with Crippen molar-refractivity contribution in [2.24, 2.45) is 5.73 Å². The molecule has 2 rings (SSSR count). The Morgan fingerprint density at radius 2 is 2.22 bits per heavy atom. The number of anilines is 1. The smallest absolute Gasteiger partial charge is 0.123 e. The number of aromatic nitrogens is 1. The third-order valence-corrected chi connectivity index (χ3v) is 6.66. The number of hydrogen-bond donors (Lipinski definition) is 2. The Kier molecular flexibility index (Phi) is 5.21. The van der Waals surface area contributed by atoms with E-state index in [-0.39, 0.29) is 6.04 Å². The van der Waals surface area contributed by atoms with Gasteiger partial charge in [-0.1, -0.05) is 6.92 Å². The molecule has 1 aromatic heterocycles. The summed E-state index contributed by atoms with van der Waals surface area (Å²) in [5.41, 5.74) is 13.3. The van der Waals surface area contributed by atoms with Gasteiger partial charge in [0.05, 0.1) is 0 Å². The van der Waals surface area contributed by atoms with Crippen molar-refractivity contribution in [3.8, 4) is 0 Å². The summed E-state index contributed by atoms with van der Waals surface area (Å²) < 4.78 is 0. The second-order valence-corrected chi connectivity index (χ2v) is 7.24. The van der Waals surface area contributed by atoms with E-state index in [0.717, 1.165) is 6.42 Å². The number of nitrogen functional groups attached to an aromatic ring is 1. The van der Waals surface area contributed by atoms with Gasteiger partial charge in [-0.15, -0.1) is 0 Å². The summed E-state index contributed by atoms with van der Waals surface area (Å²) in [5.74, 6) is 3.06. The Morgan fingerprint density at radius 3 is 2.94 bits per heavy atom. The van der Waals surface area contributed by atoms with Crippen molar-refractivity contribution in [2.45, 2.75) is 36.3 Å². The Labute approximate surface area is 117 Å². The SMILES string of the molecule is CCC1SCCSC1C(N)Cc1ccnc(N)c1. The van der Waals surface area contributed by atoms with Crippen molar-refractivity contribution >= 4 is 29.3 Å². The summed E-state index contributed by atoms with van der Waals surface area (Å²) in [5, 5.41) is 1.25. The fourth-order valence-corrected chi connectivity index (χ4v) is 5.54. The van der Waals surface area contributed by atoms with Gasteiger partial charge in [-0.2, -0.15) is 23.5 Å². The zero-order valence-corrected chi connectivity index (χ0v) is 12.3. The highest BCUT2D eigenvalue weighted by Crippen LogP contribution is 2.35. The van der Waals surface area contributed by atoms with Crippen LogP contribution in [0.3, 0.4) is 0 Å². The van der Waals surface area contributed by atoms with Crippen LogP contribution in [0.2, 0.25) is 0 Å². The predicted octanol–water partition coefficient (Wildman–Crippen LogP) is 2.16. The zero-order chi connectivity index (χ0) is 13.0. The Hall–Kier alpha value is -0.390. The van der Waals surface area contributed by atoms with Gasteiger partial charge >= 0.3 is 0 Å². The Bertz CT molecular complexity index is 386. The second-order valence-electron chi connectivity index (χ2n) is 4.61. The molecule has 18 heavy (non-hydrogen) atoms. The summed E-state index contributed by atoms with van der Waals surface area (Å²) >= 11 is 4.11. The molecule has 0 saturated carbocycles. The predicted molar refractivity (Wildman–Crippen MR) is 83.1 cm³/mol. The number of nitrogens with zero attached hydrogens (tertiary/aromatic N) is 1. The molecule has 1 aliphatic rings. The maximum Gasteiger partial charge on any atom is 0.123 e. The first kappa shape index (κ1) is 14.0. The highest BCUT2D eigenvalue weighted by atomic mass is 32.2. The van der Waals surface area contributed by atoms with Crippen LogP contribution in [-0.2, 0) is 6.42 Å². The molecule has 1 aromatic rings. The molecule has 0 amide bonds. The fraction of sp³-hybridized carbons (Fsp3) is 0.615. The molecule has 1 saturated heterocycles. The molecule has 100 valence electrons. The number of nitrogens with two attached hydrogens (primary N) is 2. The molecule has 3 unspecified atom stereocenters. The minimum Gasteiger partial charge on any atom is -0.384 e. The molecule has 2 heterocycles. The summed E-state index contributed by atoms with van der Waals surface area (Å²) in [6.07, 6.45) is 3.85. The van der Waals surface area contributed by atoms with E-state index in [1.165, 1.54) is 23.5 Å². The maximum atomic E-state index is 6.40. The number of hydrogen-bond acceptors (Lipinski definition) is 5. The van der Waals surface area contributed by atoms with E-state index in [0.29, 0.717) is 16.3 Å². The molecular formula is C13H21N3S2. The molecule has 3 atom stereocenters. The fourth-order valence-electron chi connectivity index (χ4n) is 2.34. The average molecular weight is 283 g/mol. The van der Waals surface area contributed by atoms with Crippen LogP contribution in [0.5, 0.6) is 0 Å². The Balaban J connectivity index is 1.99. The van der Waals surface area contributed by atoms with Gasteiger partial charge in [0.15, 0.2) is 0 Å². The Morgan fingerprint density at radius 1 is 1.44 bits per heavy atom. The maximum absolute atomic E-state index is 6.40. The molecule has 0 aromatic carbocycles. The standard InChI is InChI=1S/C13H21N3S2/c1-2-11-13(18-6-5-17-11)10(14)7-9-3-4-16-12(15)8-9/h3-4,8,10-11,13H,2,5-7,14H2,1H3,(H2,15,16). The quantitative estimate of drug-likeness (QED) is 0.886. The van der Waals surface area contributed by atoms with Gasteiger partial charge in [0.2, 0.25) is 0 Å². The van der Waals surface area contributed by atoms with Crippen LogP contribution < -0.4 is 11.5 Å². The average Bonchev–Trinajstić information content (AvgIpc) is 2.38. The molecular weight excluding hydrogens is 262 g/mol. The molecule has 0 aliphatic carbocycles. The van der Waals surface area contributed by atoms with Gasteiger partial charge in [-0.05, 0) is 30.5 Å². The lowest BCUT2D eigenvalue weighted by Gasteiger charge is -2.34. The van der Waals surface area contributed by atoms with E-state index in [1.54, 1.807) is 6.20 Å². The molecule has 5 heteroatoms. The summed E-state index contributed by atoms with van der Waals surface area (Å²) in [6.45, 7) is 2.26. The first-order valence-electron chi connectivity index (χ1n) is 6.40. The molecule has 4 N–H and O–H groups in total. The van der Waals surface area contributed by atoms with Gasteiger partial charge in [-0.3, -0.25) is 0 Å². The summed E-state index contributed by atoms with van der Waals surface area (Å²) in [4.78, 5) is 4.02. The van der Waals surface area contributed by atoms with E-state index in [9.17, 15) is 0 Å². The van der Waals surface area contributed by atoms with Crippen molar-refractivity contribution in [1.82, 2.24) is 4.98 Å². The summed E-state index contributed by atoms with van der Waals surface area (Å²) in [6, 6.07) is 4.15. The first-order valence-corrected chi connectivity index (χ1v) is 8.49. The highest BCUT2D eigenvalue weighted by molar-refractivity contribution is 8.07. The van der Waals surface area contributed by atoms with Gasteiger partial charge in [0, 0.05) is 34.2 Å². The van der Waals surface area contributed by atoms with Crippen LogP contribution >= 0.6 is 23.5 Å². The lowest BCUT2D eigenvalue weighted by Crippen LogP contribution is -2.43. The summed E-state index contributed by atoms with van der Waals surface area (Å²) in [7, 11) is 0. The normalized spacial score (nSPS) is 25.9. The monoisotopic (exact) mass is 283 g/mol. The van der Waals surface area contributed by atoms with Gasteiger partial charge < -0.3 is 11.5 Å². The lowest BCUT2D eigenvalue weighted by molar-refractivity contribution is 0.597. The number of rotatable bonds is 4. The van der Waals surface area contributed by atoms with Gasteiger partial charge in [0.25, 0.3) is 0 Å². The van der Waals surface area contributed by atoms with Crippen LogP contribution in [0, 0.1) is 0 Å². The van der Waals surface area contributed by atoms with Crippen LogP contribution in [0.4, 0.5) is 5.82 Å². The van der Waals surface area contributed by atoms with E-state index >= 15 is 0 Å². The van der Waals surface area contributed by atoms with Crippen LogP contribution in [0.1, 0.15) is 18.9 Å². The number of pyridine rings is 1. The van der Waals surface area contributed by atoms with Crippen molar-refractivity contribution in [1.29, 1.82) is 0 Å². The largest absolute Gasteiger partial charge is 0.384 e. The lowest BCUT2D eigenvalue weighted by atomic mass is 10.0. The van der Waals surface area contributed by atoms with E-state index < -0.39 is 0 Å². The van der Waals surface area contributed by atoms with E-state index in [1.807, 2.05) is 23.9 Å². The minimum absolute atomic E-state index is 0.203. The molecule has 3 nitrogen and oxygen atoms in total. The van der Waals surface area contributed by atoms with Crippen molar-refractivity contribution in [3.63, 3.8) is 0 Å². The van der Waals surface area contributed by atoms with Gasteiger partial charge in [-0.25, -0.2) is 4.98 Å². The topological polar surface area (TPSA) is 64.9 Å². The van der Waals surface area contributed by atoms with Crippen LogP contribution in [0.15, 0.2) is 18.3 Å².